The van der Waals surface area contributed by atoms with Crippen molar-refractivity contribution in [3.63, 3.8) is 0 Å². The second-order valence-electron chi connectivity index (χ2n) is 18.5. The van der Waals surface area contributed by atoms with Crippen LogP contribution in [0, 0.1) is 12.8 Å². The van der Waals surface area contributed by atoms with Crippen molar-refractivity contribution in [1.82, 2.24) is 9.88 Å². The van der Waals surface area contributed by atoms with Gasteiger partial charge in [0.05, 0.1) is 5.69 Å². The maximum absolute atomic E-state index is 13.6. The Balaban J connectivity index is 0.000000525. The van der Waals surface area contributed by atoms with Crippen LogP contribution in [0.4, 0.5) is 4.39 Å². The first-order valence-corrected chi connectivity index (χ1v) is 25.2. The molecule has 2 atom stereocenters. The molecule has 1 aliphatic heterocycles. The molecule has 1 aliphatic carbocycles. The number of unbranched alkanes of at least 4 members (excludes halogenated alkanes) is 2. The molecule has 3 N–H and O–H groups in total. The third-order valence-electron chi connectivity index (χ3n) is 12.6. The van der Waals surface area contributed by atoms with Crippen LogP contribution in [0.5, 0.6) is 5.75 Å². The fraction of sp³-hybridized carbons (Fsp3) is 0.586. The third-order valence-corrected chi connectivity index (χ3v) is 12.6. The van der Waals surface area contributed by atoms with E-state index in [1.54, 1.807) is 13.8 Å². The lowest BCUT2D eigenvalue weighted by molar-refractivity contribution is -0.118. The second-order valence-corrected chi connectivity index (χ2v) is 18.5. The second kappa shape index (κ2) is 31.6. The number of carbonyl (C=O) groups is 2. The normalized spacial score (nSPS) is 15.7. The summed E-state index contributed by atoms with van der Waals surface area (Å²) in [7, 11) is 0. The van der Waals surface area contributed by atoms with Gasteiger partial charge in [-0.15, -0.1) is 0 Å². The average Bonchev–Trinajstić information content (AvgIpc) is 4.08. The summed E-state index contributed by atoms with van der Waals surface area (Å²) in [5.41, 5.74) is 14.1. The Morgan fingerprint density at radius 3 is 1.86 bits per heavy atom. The number of aromatic amines is 1. The Kier molecular flexibility index (Phi) is 28.6. The number of hydrogen-bond acceptors (Lipinski definition) is 5. The number of H-pyrrole nitrogens is 1. The number of carbonyl (C=O) groups excluding carboxylic acids is 2. The van der Waals surface area contributed by atoms with E-state index < -0.39 is 0 Å². The Morgan fingerprint density at radius 2 is 1.45 bits per heavy atom. The number of piperidine rings is 1. The first-order chi connectivity index (χ1) is 30.9. The van der Waals surface area contributed by atoms with E-state index in [1.165, 1.54) is 60.9 Å². The van der Waals surface area contributed by atoms with Gasteiger partial charge in [-0.25, -0.2) is 4.39 Å². The molecule has 364 valence electrons. The Morgan fingerprint density at radius 1 is 0.862 bits per heavy atom. The average molecular weight is 898 g/mol. The van der Waals surface area contributed by atoms with Crippen LogP contribution in [0.2, 0.25) is 0 Å². The molecule has 1 saturated heterocycles. The van der Waals surface area contributed by atoms with Crippen molar-refractivity contribution in [3.05, 3.63) is 112 Å². The number of hydrogen-bond donors (Lipinski definition) is 2. The van der Waals surface area contributed by atoms with Gasteiger partial charge in [0.2, 0.25) is 5.78 Å². The molecule has 0 radical (unpaired) electrons. The molecule has 3 aromatic rings. The number of Topliss-reactive ketones (excluding diaryl/α,β-unsaturated/α-hetero) is 2. The van der Waals surface area contributed by atoms with Crippen molar-refractivity contribution >= 4 is 22.5 Å². The van der Waals surface area contributed by atoms with Crippen LogP contribution < -0.4 is 10.5 Å². The number of ketones is 2. The van der Waals surface area contributed by atoms with E-state index in [-0.39, 0.29) is 17.7 Å². The van der Waals surface area contributed by atoms with E-state index in [0.29, 0.717) is 53.0 Å². The molecule has 2 unspecified atom stereocenters. The number of rotatable bonds is 17. The van der Waals surface area contributed by atoms with E-state index in [4.69, 9.17) is 10.5 Å². The van der Waals surface area contributed by atoms with Gasteiger partial charge in [0, 0.05) is 53.6 Å². The van der Waals surface area contributed by atoms with E-state index in [0.717, 1.165) is 80.3 Å². The number of halogens is 1. The van der Waals surface area contributed by atoms with Gasteiger partial charge in [0.25, 0.3) is 0 Å². The van der Waals surface area contributed by atoms with Gasteiger partial charge in [-0.1, -0.05) is 131 Å². The highest BCUT2D eigenvalue weighted by Crippen LogP contribution is 2.36. The van der Waals surface area contributed by atoms with Gasteiger partial charge in [-0.05, 0) is 144 Å². The molecule has 7 heteroatoms. The Labute approximate surface area is 396 Å². The zero-order valence-corrected chi connectivity index (χ0v) is 43.8. The number of ether oxygens (including phenoxy) is 1. The van der Waals surface area contributed by atoms with Crippen LogP contribution in [0.25, 0.3) is 10.9 Å². The third kappa shape index (κ3) is 20.9. The number of nitrogens with zero attached hydrogens (tertiary/aromatic N) is 1. The van der Waals surface area contributed by atoms with E-state index in [9.17, 15) is 14.0 Å². The van der Waals surface area contributed by atoms with Crippen LogP contribution >= 0.6 is 0 Å². The Bertz CT molecular complexity index is 1960. The van der Waals surface area contributed by atoms with Gasteiger partial charge in [-0.3, -0.25) is 9.59 Å². The largest absolute Gasteiger partial charge is 0.490 e. The van der Waals surface area contributed by atoms with Crippen LogP contribution in [0.1, 0.15) is 212 Å². The predicted molar refractivity (Wildman–Crippen MR) is 280 cm³/mol. The topological polar surface area (TPSA) is 88.4 Å². The minimum atomic E-state index is -0.139. The first-order valence-electron chi connectivity index (χ1n) is 25.2. The van der Waals surface area contributed by atoms with Crippen molar-refractivity contribution < 1.29 is 18.7 Å². The monoisotopic (exact) mass is 898 g/mol. The van der Waals surface area contributed by atoms with Gasteiger partial charge in [0.1, 0.15) is 23.5 Å². The summed E-state index contributed by atoms with van der Waals surface area (Å²) in [6.45, 7) is 37.1. The van der Waals surface area contributed by atoms with Crippen molar-refractivity contribution in [2.45, 2.75) is 205 Å². The molecule has 0 amide bonds. The van der Waals surface area contributed by atoms with Crippen molar-refractivity contribution in [2.75, 3.05) is 13.1 Å². The SMILES string of the molecule is C=C/C(C(=O)c1cc2cc(OC3CCN(C(C)C)CC3)c(C(C)CC)cc2[nH]1)=C(\C)N.CC(=O)C1CC1.CC/C=C\C(Cc1ccc(C(C)CC)cc1C)=C(/C)F.CCCC.CCCC. The maximum Gasteiger partial charge on any atom is 0.210 e. The van der Waals surface area contributed by atoms with Gasteiger partial charge >= 0.3 is 0 Å². The summed E-state index contributed by atoms with van der Waals surface area (Å²) in [5.74, 6) is 2.51. The van der Waals surface area contributed by atoms with Gasteiger partial charge < -0.3 is 20.4 Å². The van der Waals surface area contributed by atoms with Crippen LogP contribution in [-0.2, 0) is 11.2 Å². The number of aromatic nitrogens is 1. The number of nitrogens with two attached hydrogens (primary N) is 1. The summed E-state index contributed by atoms with van der Waals surface area (Å²) < 4.78 is 20.1. The molecule has 1 aromatic heterocycles. The molecule has 2 aliphatic rings. The minimum Gasteiger partial charge on any atom is -0.490 e. The lowest BCUT2D eigenvalue weighted by atomic mass is 9.92. The van der Waals surface area contributed by atoms with Crippen molar-refractivity contribution in [2.24, 2.45) is 11.7 Å². The van der Waals surface area contributed by atoms with Crippen LogP contribution in [-0.4, -0.2) is 46.7 Å². The lowest BCUT2D eigenvalue weighted by Gasteiger charge is -2.35. The fourth-order valence-corrected chi connectivity index (χ4v) is 6.98. The molecule has 65 heavy (non-hydrogen) atoms. The zero-order chi connectivity index (χ0) is 49.2. The minimum absolute atomic E-state index is 0.0832. The zero-order valence-electron chi connectivity index (χ0n) is 43.8. The molecule has 0 spiro atoms. The summed E-state index contributed by atoms with van der Waals surface area (Å²) in [4.78, 5) is 28.9. The van der Waals surface area contributed by atoms with Gasteiger partial charge in [-0.2, -0.15) is 0 Å². The molecule has 0 bridgehead atoms. The summed E-state index contributed by atoms with van der Waals surface area (Å²) in [5, 5.41) is 0.975. The highest BCUT2D eigenvalue weighted by molar-refractivity contribution is 6.12. The van der Waals surface area contributed by atoms with Gasteiger partial charge in [0.15, 0.2) is 0 Å². The number of allylic oxidation sites excluding steroid dienone is 7. The van der Waals surface area contributed by atoms with E-state index in [1.807, 2.05) is 18.2 Å². The predicted octanol–water partition coefficient (Wildman–Crippen LogP) is 16.4. The van der Waals surface area contributed by atoms with Crippen molar-refractivity contribution in [3.8, 4) is 5.75 Å². The Hall–Kier alpha value is -4.23. The van der Waals surface area contributed by atoms with Crippen molar-refractivity contribution in [1.29, 1.82) is 0 Å². The molecule has 5 rings (SSSR count). The summed E-state index contributed by atoms with van der Waals surface area (Å²) >= 11 is 0. The van der Waals surface area contributed by atoms with Crippen LogP contribution in [0.15, 0.2) is 83.9 Å². The standard InChI is InChI=1S/C26H37N3O2.C19H27F.C5H8O.2C4H10/c1-7-17(5)22-15-23-19(13-24(28-23)26(30)21(8-2)18(6)27)14-25(22)31-20-9-11-29(12-10-20)16(3)4;1-6-8-9-19(16(5)20)13-18-11-10-17(12-15(18)4)14(3)7-2;1-4(6)5-2-3-5;2*1-3-4-2/h8,13-17,20,28H,2,7,9-12,27H2,1,3-6H3;8-12,14H,6-7,13H2,1-5H3;5H,2-3H2,1H3;2*3-4H2,1-2H3/b21-18-;9-8-,19-16-;;;. The molecule has 2 fully saturated rings. The number of likely N-dealkylation sites (tertiary alicyclic amines) is 1. The fourth-order valence-electron chi connectivity index (χ4n) is 6.98. The van der Waals surface area contributed by atoms with E-state index in [2.05, 4.69) is 130 Å². The molecule has 6 nitrogen and oxygen atoms in total. The highest BCUT2D eigenvalue weighted by atomic mass is 19.1. The van der Waals surface area contributed by atoms with E-state index >= 15 is 0 Å². The smallest absolute Gasteiger partial charge is 0.210 e. The molecule has 2 heterocycles. The quantitative estimate of drug-likeness (QED) is 0.0800. The maximum atomic E-state index is 13.6. The molecule has 1 saturated carbocycles. The summed E-state index contributed by atoms with van der Waals surface area (Å²) in [6, 6.07) is 13.3. The number of benzene rings is 2. The number of nitrogens with one attached hydrogen (secondary N) is 1. The molecule has 2 aromatic carbocycles. The summed E-state index contributed by atoms with van der Waals surface area (Å²) in [6.07, 6.45) is 19.1. The van der Waals surface area contributed by atoms with Crippen LogP contribution in [0.3, 0.4) is 0 Å². The first kappa shape index (κ1) is 58.8. The number of fused-ring (bicyclic) bond motifs is 1. The lowest BCUT2D eigenvalue weighted by Crippen LogP contribution is -2.41. The highest BCUT2D eigenvalue weighted by Gasteiger charge is 2.26. The number of aryl methyl sites for hydroxylation is 1. The molecular formula is C58H92FN3O3. The molecular weight excluding hydrogens is 806 g/mol.